The Balaban J connectivity index is 0.871. The highest BCUT2D eigenvalue weighted by Gasteiger charge is 2.40. The Morgan fingerprint density at radius 1 is 0.910 bits per heavy atom. The number of aromatic carboxylic acids is 1. The van der Waals surface area contributed by atoms with Crippen molar-refractivity contribution < 1.29 is 42.9 Å². The molecule has 348 valence electrons. The van der Waals surface area contributed by atoms with Crippen molar-refractivity contribution in [3.8, 4) is 22.6 Å². The lowest BCUT2D eigenvalue weighted by atomic mass is 9.98. The first-order chi connectivity index (χ1) is 32.3. The number of nitrogens with one attached hydrogen (secondary N) is 1. The summed E-state index contributed by atoms with van der Waals surface area (Å²) in [7, 11) is 1.87. The zero-order valence-electron chi connectivity index (χ0n) is 37.6. The van der Waals surface area contributed by atoms with Gasteiger partial charge in [0.1, 0.15) is 29.1 Å². The second-order valence-electron chi connectivity index (χ2n) is 17.3. The lowest BCUT2D eigenvalue weighted by Gasteiger charge is -2.35. The van der Waals surface area contributed by atoms with Crippen LogP contribution < -0.4 is 14.8 Å². The predicted octanol–water partition coefficient (Wildman–Crippen LogP) is 6.69. The smallest absolute Gasteiger partial charge is 0.352 e. The van der Waals surface area contributed by atoms with Crippen molar-refractivity contribution >= 4 is 62.9 Å². The number of halogens is 2. The fraction of sp³-hybridized carbons (Fsp3) is 0.360. The van der Waals surface area contributed by atoms with Gasteiger partial charge in [0.25, 0.3) is 5.91 Å². The Hall–Kier alpha value is -6.78. The van der Waals surface area contributed by atoms with Crippen LogP contribution in [-0.2, 0) is 40.9 Å². The molecule has 67 heavy (non-hydrogen) atoms. The van der Waals surface area contributed by atoms with Gasteiger partial charge in [-0.15, -0.1) is 0 Å². The number of carbonyl (C=O) groups excluding carboxylic acids is 4. The van der Waals surface area contributed by atoms with Gasteiger partial charge in [-0.05, 0) is 86.5 Å². The number of carboxylic acid groups (broad SMARTS) is 1. The van der Waals surface area contributed by atoms with E-state index in [4.69, 9.17) is 21.1 Å². The molecule has 2 fully saturated rings. The first-order valence-electron chi connectivity index (χ1n) is 22.6. The summed E-state index contributed by atoms with van der Waals surface area (Å²) in [5.74, 6) is -1.48. The molecule has 5 heterocycles. The number of amides is 4. The topological polar surface area (TPSA) is 169 Å². The monoisotopic (exact) mass is 931 g/mol. The minimum atomic E-state index is -1.05. The minimum absolute atomic E-state index is 0.0671. The van der Waals surface area contributed by atoms with Gasteiger partial charge in [0.05, 0.1) is 42.4 Å². The molecule has 2 aromatic heterocycles. The molecule has 0 radical (unpaired) electrons. The average Bonchev–Trinajstić information content (AvgIpc) is 3.90. The molecule has 0 saturated carbocycles. The Kier molecular flexibility index (Phi) is 12.8. The van der Waals surface area contributed by atoms with E-state index in [-0.39, 0.29) is 61.6 Å². The molecule has 1 unspecified atom stereocenters. The van der Waals surface area contributed by atoms with E-state index in [1.165, 1.54) is 17.0 Å². The summed E-state index contributed by atoms with van der Waals surface area (Å²) < 4.78 is 29.9. The molecule has 0 aliphatic carbocycles. The van der Waals surface area contributed by atoms with Crippen LogP contribution >= 0.6 is 11.6 Å². The summed E-state index contributed by atoms with van der Waals surface area (Å²) >= 11 is 7.06. The molecule has 0 bridgehead atoms. The number of benzene rings is 4. The third-order valence-electron chi connectivity index (χ3n) is 13.3. The van der Waals surface area contributed by atoms with Crippen LogP contribution in [-0.4, -0.2) is 116 Å². The molecule has 0 spiro atoms. The summed E-state index contributed by atoms with van der Waals surface area (Å²) in [5.41, 5.74) is 5.93. The van der Waals surface area contributed by atoms with E-state index in [9.17, 15) is 33.5 Å². The summed E-state index contributed by atoms with van der Waals surface area (Å²) in [6, 6.07) is 18.2. The van der Waals surface area contributed by atoms with Gasteiger partial charge in [-0.2, -0.15) is 5.10 Å². The van der Waals surface area contributed by atoms with Gasteiger partial charge in [-0.25, -0.2) is 9.18 Å². The average molecular weight is 932 g/mol. The van der Waals surface area contributed by atoms with Crippen molar-refractivity contribution in [1.82, 2.24) is 34.4 Å². The number of carbonyl (C=O) groups is 5. The maximum Gasteiger partial charge on any atom is 0.352 e. The Morgan fingerprint density at radius 2 is 1.66 bits per heavy atom. The lowest BCUT2D eigenvalue weighted by molar-refractivity contribution is -0.137. The van der Waals surface area contributed by atoms with Crippen LogP contribution in [0.25, 0.3) is 32.8 Å². The van der Waals surface area contributed by atoms with Gasteiger partial charge in [0.2, 0.25) is 17.7 Å². The van der Waals surface area contributed by atoms with E-state index in [2.05, 4.69) is 15.3 Å². The van der Waals surface area contributed by atoms with Gasteiger partial charge < -0.3 is 28.9 Å². The second kappa shape index (κ2) is 18.8. The Labute approximate surface area is 390 Å². The number of piperidine rings is 1. The molecule has 3 aliphatic rings. The number of aryl methyl sites for hydroxylation is 3. The van der Waals surface area contributed by atoms with Crippen LogP contribution in [0.3, 0.4) is 0 Å². The highest BCUT2D eigenvalue weighted by Crippen LogP contribution is 2.42. The number of nitrogens with zero attached hydrogens (tertiary/aromatic N) is 6. The first kappa shape index (κ1) is 45.4. The van der Waals surface area contributed by atoms with E-state index in [0.29, 0.717) is 91.9 Å². The Bertz CT molecular complexity index is 2980. The zero-order valence-corrected chi connectivity index (χ0v) is 38.3. The lowest BCUT2D eigenvalue weighted by Crippen LogP contribution is -2.52. The van der Waals surface area contributed by atoms with Crippen LogP contribution in [0.1, 0.15) is 69.0 Å². The maximum atomic E-state index is 13.9. The molecule has 4 aromatic carbocycles. The molecule has 15 nitrogen and oxygen atoms in total. The van der Waals surface area contributed by atoms with Gasteiger partial charge in [-0.3, -0.25) is 34.1 Å². The fourth-order valence-corrected chi connectivity index (χ4v) is 10.2. The van der Waals surface area contributed by atoms with Gasteiger partial charge >= 0.3 is 5.97 Å². The third-order valence-corrected chi connectivity index (χ3v) is 13.7. The number of imide groups is 1. The number of fused-ring (bicyclic) bond motifs is 3. The Morgan fingerprint density at radius 3 is 2.40 bits per heavy atom. The van der Waals surface area contributed by atoms with E-state index >= 15 is 0 Å². The van der Waals surface area contributed by atoms with Gasteiger partial charge in [0, 0.05) is 91.5 Å². The normalized spacial score (nSPS) is 16.6. The van der Waals surface area contributed by atoms with Crippen molar-refractivity contribution in [3.05, 3.63) is 111 Å². The van der Waals surface area contributed by atoms with Crippen LogP contribution in [0.4, 0.5) is 4.39 Å². The number of aromatic nitrogens is 3. The molecule has 4 amide bonds. The predicted molar refractivity (Wildman–Crippen MR) is 249 cm³/mol. The van der Waals surface area contributed by atoms with E-state index in [0.717, 1.165) is 44.2 Å². The molecule has 6 aromatic rings. The third kappa shape index (κ3) is 8.83. The number of hydrogen-bond acceptors (Lipinski definition) is 9. The SMILES string of the molecule is Cc1nn(C)c(C)c1-c1c(Cl)ccc2c(CCCOc3cccc4cc(F)ccc34)c(C(=O)O)n(CCN3CCN(C(=O)CCOc4cccc5c4CN(C4CCC(=O)NC4=O)C5=O)CC3)c12. The highest BCUT2D eigenvalue weighted by molar-refractivity contribution is 6.35. The first-order valence-corrected chi connectivity index (χ1v) is 22.9. The number of rotatable bonds is 15. The number of carboxylic acids is 1. The molecule has 1 atom stereocenters. The van der Waals surface area contributed by atoms with E-state index in [1.807, 2.05) is 55.8 Å². The van der Waals surface area contributed by atoms with Crippen LogP contribution in [0.5, 0.6) is 11.5 Å². The van der Waals surface area contributed by atoms with Crippen LogP contribution in [0.15, 0.2) is 66.7 Å². The molecule has 17 heteroatoms. The molecule has 2 saturated heterocycles. The molecule has 3 aliphatic heterocycles. The van der Waals surface area contributed by atoms with Crippen molar-refractivity contribution in [3.63, 3.8) is 0 Å². The summed E-state index contributed by atoms with van der Waals surface area (Å²) in [6.45, 7) is 7.45. The molecule has 2 N–H and O–H groups in total. The van der Waals surface area contributed by atoms with Crippen molar-refractivity contribution in [1.29, 1.82) is 0 Å². The second-order valence-corrected chi connectivity index (χ2v) is 17.8. The van der Waals surface area contributed by atoms with Crippen LogP contribution in [0, 0.1) is 19.7 Å². The molecular weight excluding hydrogens is 881 g/mol. The number of hydrogen-bond donors (Lipinski definition) is 2. The van der Waals surface area contributed by atoms with Crippen molar-refractivity contribution in [2.75, 3.05) is 45.9 Å². The van der Waals surface area contributed by atoms with Crippen molar-refractivity contribution in [2.45, 2.75) is 65.1 Å². The minimum Gasteiger partial charge on any atom is -0.493 e. The van der Waals surface area contributed by atoms with Crippen molar-refractivity contribution in [2.24, 2.45) is 7.05 Å². The van der Waals surface area contributed by atoms with E-state index < -0.39 is 17.9 Å². The number of ether oxygens (including phenoxy) is 2. The highest BCUT2D eigenvalue weighted by atomic mass is 35.5. The van der Waals surface area contributed by atoms with E-state index in [1.54, 1.807) is 33.8 Å². The quantitative estimate of drug-likeness (QED) is 0.0837. The summed E-state index contributed by atoms with van der Waals surface area (Å²) in [6.07, 6.45) is 1.46. The van der Waals surface area contributed by atoms with Gasteiger partial charge in [0.15, 0.2) is 0 Å². The van der Waals surface area contributed by atoms with Gasteiger partial charge in [-0.1, -0.05) is 35.9 Å². The largest absolute Gasteiger partial charge is 0.493 e. The molecular formula is C50H51ClFN7O8. The summed E-state index contributed by atoms with van der Waals surface area (Å²) in [4.78, 5) is 69.8. The summed E-state index contributed by atoms with van der Waals surface area (Å²) in [5, 5.41) is 20.7. The number of piperazine rings is 1. The van der Waals surface area contributed by atoms with Crippen LogP contribution in [0.2, 0.25) is 5.02 Å². The molecule has 9 rings (SSSR count). The standard InChI is InChI=1S/C50H51ClFN7O8/c1-29-44(30(2)55(3)54-29)45-38(51)15-14-35-34(9-6-25-66-40-10-4-7-31-27-32(52)12-13-33(31)40)47(50(64)65)58(46(35)45)24-21-56-19-22-57(23-20-56)43(61)18-26-67-41-11-5-8-36-37(41)28-59(49(36)63)39-16-17-42(60)53-48(39)62/h4-5,7-8,10-15,27,39H,6,9,16-26,28H2,1-3H3,(H,64,65)(H,53,60,62). The fourth-order valence-electron chi connectivity index (χ4n) is 9.93. The maximum absolute atomic E-state index is 13.9. The zero-order chi connectivity index (χ0) is 47.1.